The van der Waals surface area contributed by atoms with E-state index in [-0.39, 0.29) is 5.91 Å². The highest BCUT2D eigenvalue weighted by molar-refractivity contribution is 5.91. The molecule has 0 unspecified atom stereocenters. The summed E-state index contributed by atoms with van der Waals surface area (Å²) in [4.78, 5) is 14.4. The summed E-state index contributed by atoms with van der Waals surface area (Å²) in [5.74, 6) is -0.0114. The molecule has 2 aromatic rings. The van der Waals surface area contributed by atoms with E-state index in [4.69, 9.17) is 10.00 Å². The predicted octanol–water partition coefficient (Wildman–Crippen LogP) is 3.35. The molecule has 1 heterocycles. The summed E-state index contributed by atoms with van der Waals surface area (Å²) in [7, 11) is 1.75. The Kier molecular flexibility index (Phi) is 5.88. The van der Waals surface area contributed by atoms with E-state index in [2.05, 4.69) is 16.3 Å². The van der Waals surface area contributed by atoms with E-state index in [0.717, 1.165) is 36.4 Å². The molecule has 0 aromatic heterocycles. The van der Waals surface area contributed by atoms with Crippen LogP contribution in [0.15, 0.2) is 48.5 Å². The highest BCUT2D eigenvalue weighted by atomic mass is 16.5. The maximum absolute atomic E-state index is 12.1. The lowest BCUT2D eigenvalue weighted by molar-refractivity contribution is -0.116. The zero-order valence-electron chi connectivity index (χ0n) is 14.9. The summed E-state index contributed by atoms with van der Waals surface area (Å²) < 4.78 is 5.40. The molecule has 0 spiro atoms. The number of rotatable bonds is 6. The minimum absolute atomic E-state index is 0.0114. The third-order valence-electron chi connectivity index (χ3n) is 4.72. The third-order valence-corrected chi connectivity index (χ3v) is 4.72. The zero-order valence-corrected chi connectivity index (χ0v) is 14.9. The lowest BCUT2D eigenvalue weighted by Crippen LogP contribution is -2.22. The van der Waals surface area contributed by atoms with Crippen molar-refractivity contribution in [3.05, 3.63) is 59.7 Å². The second-order valence-electron chi connectivity index (χ2n) is 6.50. The Morgan fingerprint density at radius 1 is 1.23 bits per heavy atom. The van der Waals surface area contributed by atoms with E-state index in [1.54, 1.807) is 19.2 Å². The monoisotopic (exact) mass is 349 g/mol. The van der Waals surface area contributed by atoms with Gasteiger partial charge < -0.3 is 15.0 Å². The van der Waals surface area contributed by atoms with Gasteiger partial charge in [0, 0.05) is 38.0 Å². The second-order valence-corrected chi connectivity index (χ2v) is 6.50. The smallest absolute Gasteiger partial charge is 0.224 e. The number of carbonyl (C=O) groups excluding carboxylic acids is 1. The predicted molar refractivity (Wildman–Crippen MR) is 102 cm³/mol. The van der Waals surface area contributed by atoms with Gasteiger partial charge in [0.1, 0.15) is 0 Å². The van der Waals surface area contributed by atoms with Crippen LogP contribution in [-0.4, -0.2) is 32.2 Å². The number of amides is 1. The fourth-order valence-electron chi connectivity index (χ4n) is 3.14. The first-order chi connectivity index (χ1) is 12.7. The quantitative estimate of drug-likeness (QED) is 0.868. The van der Waals surface area contributed by atoms with E-state index in [0.29, 0.717) is 24.5 Å². The molecule has 0 radical (unpaired) electrons. The number of ether oxygens (including phenoxy) is 1. The van der Waals surface area contributed by atoms with Gasteiger partial charge in [-0.2, -0.15) is 5.26 Å². The molecule has 134 valence electrons. The molecule has 3 rings (SSSR count). The average molecular weight is 349 g/mol. The molecule has 1 saturated heterocycles. The van der Waals surface area contributed by atoms with Gasteiger partial charge in [0.25, 0.3) is 0 Å². The molecule has 1 aliphatic rings. The van der Waals surface area contributed by atoms with Gasteiger partial charge in [-0.05, 0) is 54.8 Å². The van der Waals surface area contributed by atoms with E-state index >= 15 is 0 Å². The molecular weight excluding hydrogens is 326 g/mol. The fraction of sp³-hybridized carbons (Fsp3) is 0.333. The first-order valence-electron chi connectivity index (χ1n) is 8.84. The highest BCUT2D eigenvalue weighted by Gasteiger charge is 2.22. The molecule has 1 aliphatic heterocycles. The van der Waals surface area contributed by atoms with Crippen molar-refractivity contribution < 1.29 is 9.53 Å². The van der Waals surface area contributed by atoms with Gasteiger partial charge >= 0.3 is 0 Å². The van der Waals surface area contributed by atoms with Crippen molar-refractivity contribution in [3.8, 4) is 6.07 Å². The standard InChI is InChI=1S/C21H23N3O2/c1-26-20-12-13-24(15-20)19-9-7-18(8-10-19)23-21(25)11-6-16-2-4-17(14-22)5-3-16/h2-5,7-10,20H,6,11-13,15H2,1H3,(H,23,25)/t20-/m0/s1. The van der Waals surface area contributed by atoms with Crippen molar-refractivity contribution >= 4 is 17.3 Å². The van der Waals surface area contributed by atoms with Gasteiger partial charge in [-0.25, -0.2) is 0 Å². The molecule has 5 nitrogen and oxygen atoms in total. The Bertz CT molecular complexity index is 778. The second kappa shape index (κ2) is 8.50. The number of carbonyl (C=O) groups is 1. The Hall–Kier alpha value is -2.84. The summed E-state index contributed by atoms with van der Waals surface area (Å²) in [5, 5.41) is 11.7. The molecule has 1 amide bonds. The van der Waals surface area contributed by atoms with E-state index in [1.165, 1.54) is 0 Å². The van der Waals surface area contributed by atoms with Gasteiger partial charge in [-0.3, -0.25) is 4.79 Å². The van der Waals surface area contributed by atoms with Crippen LogP contribution in [0.1, 0.15) is 24.0 Å². The van der Waals surface area contributed by atoms with Gasteiger partial charge in [0.2, 0.25) is 5.91 Å². The summed E-state index contributed by atoms with van der Waals surface area (Å²) in [5.41, 5.74) is 3.64. The van der Waals surface area contributed by atoms with Crippen molar-refractivity contribution in [2.45, 2.75) is 25.4 Å². The fourth-order valence-corrected chi connectivity index (χ4v) is 3.14. The Morgan fingerprint density at radius 2 is 1.96 bits per heavy atom. The number of hydrogen-bond acceptors (Lipinski definition) is 4. The van der Waals surface area contributed by atoms with Crippen LogP contribution in [0.5, 0.6) is 0 Å². The number of nitrogens with one attached hydrogen (secondary N) is 1. The van der Waals surface area contributed by atoms with Crippen molar-refractivity contribution in [2.75, 3.05) is 30.4 Å². The van der Waals surface area contributed by atoms with Crippen LogP contribution in [0.2, 0.25) is 0 Å². The Morgan fingerprint density at radius 3 is 2.58 bits per heavy atom. The van der Waals surface area contributed by atoms with Gasteiger partial charge in [-0.15, -0.1) is 0 Å². The van der Waals surface area contributed by atoms with Crippen LogP contribution in [0.25, 0.3) is 0 Å². The molecular formula is C21H23N3O2. The van der Waals surface area contributed by atoms with Crippen LogP contribution in [0, 0.1) is 11.3 Å². The lowest BCUT2D eigenvalue weighted by atomic mass is 10.1. The SMILES string of the molecule is CO[C@H]1CCN(c2ccc(NC(=O)CCc3ccc(C#N)cc3)cc2)C1. The maximum atomic E-state index is 12.1. The van der Waals surface area contributed by atoms with Gasteiger partial charge in [-0.1, -0.05) is 12.1 Å². The number of anilines is 2. The van der Waals surface area contributed by atoms with Crippen LogP contribution < -0.4 is 10.2 Å². The van der Waals surface area contributed by atoms with Crippen molar-refractivity contribution in [3.63, 3.8) is 0 Å². The number of hydrogen-bond donors (Lipinski definition) is 1. The van der Waals surface area contributed by atoms with Crippen LogP contribution in [0.4, 0.5) is 11.4 Å². The lowest BCUT2D eigenvalue weighted by Gasteiger charge is -2.18. The van der Waals surface area contributed by atoms with Crippen LogP contribution in [-0.2, 0) is 16.0 Å². The molecule has 0 bridgehead atoms. The maximum Gasteiger partial charge on any atom is 0.224 e. The molecule has 2 aromatic carbocycles. The summed E-state index contributed by atoms with van der Waals surface area (Å²) in [6.07, 6.45) is 2.41. The molecule has 0 saturated carbocycles. The number of methoxy groups -OCH3 is 1. The Balaban J connectivity index is 1.49. The number of benzene rings is 2. The van der Waals surface area contributed by atoms with Gasteiger partial charge in [0.05, 0.1) is 17.7 Å². The number of nitrogens with zero attached hydrogens (tertiary/aromatic N) is 2. The summed E-state index contributed by atoms with van der Waals surface area (Å²) in [6.45, 7) is 1.90. The molecule has 1 fully saturated rings. The van der Waals surface area contributed by atoms with E-state index < -0.39 is 0 Å². The van der Waals surface area contributed by atoms with Crippen LogP contribution >= 0.6 is 0 Å². The number of aryl methyl sites for hydroxylation is 1. The van der Waals surface area contributed by atoms with E-state index in [1.807, 2.05) is 36.4 Å². The molecule has 1 N–H and O–H groups in total. The van der Waals surface area contributed by atoms with Crippen molar-refractivity contribution in [2.24, 2.45) is 0 Å². The average Bonchev–Trinajstić information content (AvgIpc) is 3.16. The molecule has 26 heavy (non-hydrogen) atoms. The van der Waals surface area contributed by atoms with E-state index in [9.17, 15) is 4.79 Å². The molecule has 0 aliphatic carbocycles. The Labute approximate surface area is 154 Å². The first-order valence-corrected chi connectivity index (χ1v) is 8.84. The minimum Gasteiger partial charge on any atom is -0.380 e. The topological polar surface area (TPSA) is 65.4 Å². The van der Waals surface area contributed by atoms with Crippen molar-refractivity contribution in [1.82, 2.24) is 0 Å². The molecule has 1 atom stereocenters. The summed E-state index contributed by atoms with van der Waals surface area (Å²) in [6, 6.07) is 17.4. The minimum atomic E-state index is -0.0114. The normalized spacial score (nSPS) is 16.3. The zero-order chi connectivity index (χ0) is 18.4. The van der Waals surface area contributed by atoms with Gasteiger partial charge in [0.15, 0.2) is 0 Å². The third kappa shape index (κ3) is 4.62. The number of nitriles is 1. The molecule has 5 heteroatoms. The van der Waals surface area contributed by atoms with Crippen LogP contribution in [0.3, 0.4) is 0 Å². The highest BCUT2D eigenvalue weighted by Crippen LogP contribution is 2.23. The first kappa shape index (κ1) is 18.0. The summed E-state index contributed by atoms with van der Waals surface area (Å²) >= 11 is 0. The van der Waals surface area contributed by atoms with Crippen molar-refractivity contribution in [1.29, 1.82) is 5.26 Å². The largest absolute Gasteiger partial charge is 0.380 e.